The van der Waals surface area contributed by atoms with Crippen LogP contribution in [0.2, 0.25) is 0 Å². The van der Waals surface area contributed by atoms with Gasteiger partial charge < -0.3 is 10.1 Å². The Hall–Kier alpha value is -3.08. The van der Waals surface area contributed by atoms with Gasteiger partial charge in [0.2, 0.25) is 0 Å². The highest BCUT2D eigenvalue weighted by Crippen LogP contribution is 2.29. The summed E-state index contributed by atoms with van der Waals surface area (Å²) in [7, 11) is 1.81. The molecule has 1 atom stereocenters. The summed E-state index contributed by atoms with van der Waals surface area (Å²) in [6.07, 6.45) is -0.128. The fourth-order valence-corrected chi connectivity index (χ4v) is 2.51. The van der Waals surface area contributed by atoms with Gasteiger partial charge in [0.15, 0.2) is 5.69 Å². The number of carbonyl (C=O) groups excluding carboxylic acids is 1. The van der Waals surface area contributed by atoms with E-state index in [9.17, 15) is 4.79 Å². The number of para-hydroxylation sites is 2. The van der Waals surface area contributed by atoms with Gasteiger partial charge in [0.1, 0.15) is 11.9 Å². The number of nitrogens with zero attached hydrogens (tertiary/aromatic N) is 2. The number of aryl methyl sites for hydroxylation is 2. The average Bonchev–Trinajstić information content (AvgIpc) is 2.96. The number of rotatable bonds is 5. The first-order valence-electron chi connectivity index (χ1n) is 8.17. The highest BCUT2D eigenvalue weighted by atomic mass is 16.5. The van der Waals surface area contributed by atoms with Gasteiger partial charge in [-0.25, -0.2) is 0 Å². The zero-order chi connectivity index (χ0) is 17.8. The number of hydrogen-bond donors (Lipinski definition) is 1. The summed E-state index contributed by atoms with van der Waals surface area (Å²) in [5.41, 5.74) is 3.00. The smallest absolute Gasteiger partial charge is 0.276 e. The van der Waals surface area contributed by atoms with Gasteiger partial charge >= 0.3 is 0 Å². The lowest BCUT2D eigenvalue weighted by Gasteiger charge is -2.18. The second kappa shape index (κ2) is 7.21. The van der Waals surface area contributed by atoms with Crippen LogP contribution >= 0.6 is 0 Å². The van der Waals surface area contributed by atoms with E-state index in [4.69, 9.17) is 4.74 Å². The molecule has 1 N–H and O–H groups in total. The van der Waals surface area contributed by atoms with Crippen LogP contribution in [-0.2, 0) is 7.05 Å². The van der Waals surface area contributed by atoms with Gasteiger partial charge in [0, 0.05) is 12.7 Å². The zero-order valence-corrected chi connectivity index (χ0v) is 14.6. The van der Waals surface area contributed by atoms with Gasteiger partial charge in [0.05, 0.1) is 5.69 Å². The van der Waals surface area contributed by atoms with E-state index in [1.807, 2.05) is 75.5 Å². The maximum Gasteiger partial charge on any atom is 0.276 e. The molecule has 0 spiro atoms. The van der Waals surface area contributed by atoms with E-state index in [0.29, 0.717) is 17.1 Å². The molecule has 0 saturated carbocycles. The fourth-order valence-electron chi connectivity index (χ4n) is 2.51. The van der Waals surface area contributed by atoms with Crippen molar-refractivity contribution in [3.8, 4) is 5.75 Å². The third-order valence-electron chi connectivity index (χ3n) is 4.05. The number of nitrogens with one attached hydrogen (secondary N) is 1. The van der Waals surface area contributed by atoms with Gasteiger partial charge in [-0.1, -0.05) is 42.5 Å². The van der Waals surface area contributed by atoms with Gasteiger partial charge in [0.25, 0.3) is 5.91 Å². The Morgan fingerprint density at radius 2 is 1.80 bits per heavy atom. The molecule has 5 heteroatoms. The molecule has 0 aliphatic heterocycles. The van der Waals surface area contributed by atoms with Gasteiger partial charge in [-0.15, -0.1) is 0 Å². The Kier molecular flexibility index (Phi) is 4.84. The highest BCUT2D eigenvalue weighted by Gasteiger charge is 2.15. The molecule has 3 rings (SSSR count). The first-order chi connectivity index (χ1) is 12.0. The molecule has 0 saturated heterocycles. The van der Waals surface area contributed by atoms with Gasteiger partial charge in [-0.2, -0.15) is 5.10 Å². The maximum atomic E-state index is 12.4. The molecule has 0 fully saturated rings. The minimum Gasteiger partial charge on any atom is -0.484 e. The number of anilines is 1. The summed E-state index contributed by atoms with van der Waals surface area (Å²) < 4.78 is 7.73. The van der Waals surface area contributed by atoms with E-state index < -0.39 is 0 Å². The Balaban J connectivity index is 1.78. The molecule has 1 amide bonds. The summed E-state index contributed by atoms with van der Waals surface area (Å²) in [5.74, 6) is 0.368. The monoisotopic (exact) mass is 335 g/mol. The lowest BCUT2D eigenvalue weighted by atomic mass is 10.1. The van der Waals surface area contributed by atoms with Crippen molar-refractivity contribution in [3.63, 3.8) is 0 Å². The molecule has 0 bridgehead atoms. The lowest BCUT2D eigenvalue weighted by Crippen LogP contribution is -2.14. The van der Waals surface area contributed by atoms with E-state index in [-0.39, 0.29) is 12.0 Å². The first-order valence-corrected chi connectivity index (χ1v) is 8.17. The normalized spacial score (nSPS) is 11.8. The van der Waals surface area contributed by atoms with Crippen molar-refractivity contribution in [2.75, 3.05) is 5.32 Å². The SMILES string of the molecule is Cc1cc(C(=O)Nc2ccccc2O[C@H](C)c2ccccc2)nn1C. The number of carbonyl (C=O) groups is 1. The van der Waals surface area contributed by atoms with Crippen LogP contribution in [0, 0.1) is 6.92 Å². The van der Waals surface area contributed by atoms with Crippen LogP contribution in [0.4, 0.5) is 5.69 Å². The molecule has 2 aromatic carbocycles. The molecular weight excluding hydrogens is 314 g/mol. The van der Waals surface area contributed by atoms with Crippen molar-refractivity contribution in [2.24, 2.45) is 7.05 Å². The van der Waals surface area contributed by atoms with Crippen LogP contribution < -0.4 is 10.1 Å². The molecule has 0 aliphatic carbocycles. The number of benzene rings is 2. The minimum atomic E-state index is -0.257. The Bertz CT molecular complexity index is 852. The van der Waals surface area contributed by atoms with Crippen LogP contribution in [0.15, 0.2) is 60.7 Å². The second-order valence-electron chi connectivity index (χ2n) is 5.92. The number of aromatic nitrogens is 2. The standard InChI is InChI=1S/C20H21N3O2/c1-14-13-18(22-23(14)3)20(24)21-17-11-7-8-12-19(17)25-15(2)16-9-5-4-6-10-16/h4-13,15H,1-3H3,(H,21,24)/t15-/m1/s1. The number of ether oxygens (including phenoxy) is 1. The summed E-state index contributed by atoms with van der Waals surface area (Å²) >= 11 is 0. The molecule has 128 valence electrons. The van der Waals surface area contributed by atoms with E-state index in [1.165, 1.54) is 0 Å². The Labute approximate surface area is 147 Å². The Morgan fingerprint density at radius 1 is 1.12 bits per heavy atom. The maximum absolute atomic E-state index is 12.4. The average molecular weight is 335 g/mol. The van der Waals surface area contributed by atoms with Crippen molar-refractivity contribution >= 4 is 11.6 Å². The molecule has 1 heterocycles. The van der Waals surface area contributed by atoms with E-state index in [0.717, 1.165) is 11.3 Å². The molecule has 25 heavy (non-hydrogen) atoms. The highest BCUT2D eigenvalue weighted by molar-refractivity contribution is 6.03. The first kappa shape index (κ1) is 16.8. The van der Waals surface area contributed by atoms with Crippen molar-refractivity contribution in [3.05, 3.63) is 77.6 Å². The van der Waals surface area contributed by atoms with E-state index in [2.05, 4.69) is 10.4 Å². The molecule has 0 aliphatic rings. The molecule has 0 unspecified atom stereocenters. The summed E-state index contributed by atoms with van der Waals surface area (Å²) in [5, 5.41) is 7.09. The third-order valence-corrected chi connectivity index (χ3v) is 4.05. The van der Waals surface area contributed by atoms with Crippen LogP contribution in [-0.4, -0.2) is 15.7 Å². The van der Waals surface area contributed by atoms with Gasteiger partial charge in [-0.05, 0) is 37.6 Å². The molecule has 1 aromatic heterocycles. The summed E-state index contributed by atoms with van der Waals surface area (Å²) in [6, 6.07) is 19.1. The van der Waals surface area contributed by atoms with Crippen LogP contribution in [0.25, 0.3) is 0 Å². The molecule has 0 radical (unpaired) electrons. The van der Waals surface area contributed by atoms with Gasteiger partial charge in [-0.3, -0.25) is 9.48 Å². The zero-order valence-electron chi connectivity index (χ0n) is 14.6. The van der Waals surface area contributed by atoms with Crippen molar-refractivity contribution in [1.82, 2.24) is 9.78 Å². The number of amides is 1. The second-order valence-corrected chi connectivity index (χ2v) is 5.92. The minimum absolute atomic E-state index is 0.128. The van der Waals surface area contributed by atoms with E-state index in [1.54, 1.807) is 10.7 Å². The molecule has 5 nitrogen and oxygen atoms in total. The molecule has 3 aromatic rings. The molecular formula is C20H21N3O2. The van der Waals surface area contributed by atoms with E-state index >= 15 is 0 Å². The Morgan fingerprint density at radius 3 is 2.48 bits per heavy atom. The predicted octanol–water partition coefficient (Wildman–Crippen LogP) is 4.12. The quantitative estimate of drug-likeness (QED) is 0.763. The van der Waals surface area contributed by atoms with Crippen LogP contribution in [0.3, 0.4) is 0 Å². The van der Waals surface area contributed by atoms with Crippen molar-refractivity contribution in [1.29, 1.82) is 0 Å². The largest absolute Gasteiger partial charge is 0.484 e. The fraction of sp³-hybridized carbons (Fsp3) is 0.200. The van der Waals surface area contributed by atoms with Crippen LogP contribution in [0.5, 0.6) is 5.75 Å². The number of hydrogen-bond acceptors (Lipinski definition) is 3. The van der Waals surface area contributed by atoms with Crippen molar-refractivity contribution < 1.29 is 9.53 Å². The predicted molar refractivity (Wildman–Crippen MR) is 97.8 cm³/mol. The van der Waals surface area contributed by atoms with Crippen LogP contribution in [0.1, 0.15) is 34.8 Å². The third kappa shape index (κ3) is 3.88. The summed E-state index contributed by atoms with van der Waals surface area (Å²) in [6.45, 7) is 3.89. The summed E-state index contributed by atoms with van der Waals surface area (Å²) in [4.78, 5) is 12.4. The lowest BCUT2D eigenvalue weighted by molar-refractivity contribution is 0.102. The van der Waals surface area contributed by atoms with Crippen molar-refractivity contribution in [2.45, 2.75) is 20.0 Å². The topological polar surface area (TPSA) is 56.1 Å².